The summed E-state index contributed by atoms with van der Waals surface area (Å²) in [5, 5.41) is 0. The molecule has 2 aromatic carbocycles. The summed E-state index contributed by atoms with van der Waals surface area (Å²) in [6.45, 7) is 4.10. The van der Waals surface area contributed by atoms with Crippen molar-refractivity contribution in [1.82, 2.24) is 0 Å². The van der Waals surface area contributed by atoms with Crippen LogP contribution in [0.5, 0.6) is 5.75 Å². The molecule has 0 aliphatic heterocycles. The fourth-order valence-electron chi connectivity index (χ4n) is 2.11. The van der Waals surface area contributed by atoms with Crippen molar-refractivity contribution in [2.24, 2.45) is 5.73 Å². The third-order valence-corrected chi connectivity index (χ3v) is 4.01. The molecule has 0 aliphatic carbocycles. The van der Waals surface area contributed by atoms with Crippen molar-refractivity contribution in [1.29, 1.82) is 0 Å². The summed E-state index contributed by atoms with van der Waals surface area (Å²) in [4.78, 5) is 0. The van der Waals surface area contributed by atoms with Crippen LogP contribution in [-0.4, -0.2) is 6.04 Å². The zero-order valence-electron chi connectivity index (χ0n) is 11.8. The number of benzene rings is 2. The Labute approximate surface area is 129 Å². The molecule has 0 saturated carbocycles. The van der Waals surface area contributed by atoms with Crippen LogP contribution in [0, 0.1) is 0 Å². The molecule has 2 atom stereocenters. The summed E-state index contributed by atoms with van der Waals surface area (Å²) >= 11 is 3.57. The second-order valence-corrected chi connectivity index (χ2v) is 5.77. The molecule has 0 saturated heterocycles. The second kappa shape index (κ2) is 6.91. The molecule has 0 heterocycles. The molecular formula is C17H20BrNO. The normalized spacial score (nSPS) is 13.8. The molecule has 0 amide bonds. The maximum Gasteiger partial charge on any atom is 0.140 e. The minimum absolute atomic E-state index is 0.0976. The molecule has 0 radical (unpaired) electrons. The van der Waals surface area contributed by atoms with E-state index in [9.17, 15) is 0 Å². The Morgan fingerprint density at radius 2 is 1.75 bits per heavy atom. The Kier molecular flexibility index (Phi) is 5.21. The monoisotopic (exact) mass is 333 g/mol. The molecule has 106 valence electrons. The number of aryl methyl sites for hydroxylation is 1. The lowest BCUT2D eigenvalue weighted by Crippen LogP contribution is -2.29. The number of halogens is 1. The quantitative estimate of drug-likeness (QED) is 0.875. The van der Waals surface area contributed by atoms with Gasteiger partial charge in [0.2, 0.25) is 0 Å². The molecule has 2 rings (SSSR count). The number of hydrogen-bond donors (Lipinski definition) is 1. The summed E-state index contributed by atoms with van der Waals surface area (Å²) in [6.07, 6.45) is 0.861. The highest BCUT2D eigenvalue weighted by Crippen LogP contribution is 2.29. The van der Waals surface area contributed by atoms with Gasteiger partial charge in [0.1, 0.15) is 11.9 Å². The summed E-state index contributed by atoms with van der Waals surface area (Å²) in [5.74, 6) is 0.847. The summed E-state index contributed by atoms with van der Waals surface area (Å²) in [5.41, 5.74) is 8.47. The molecule has 0 aromatic heterocycles. The highest BCUT2D eigenvalue weighted by molar-refractivity contribution is 9.10. The van der Waals surface area contributed by atoms with Crippen LogP contribution in [0.25, 0.3) is 0 Å². The van der Waals surface area contributed by atoms with Crippen LogP contribution in [0.1, 0.15) is 31.1 Å². The topological polar surface area (TPSA) is 35.2 Å². The lowest BCUT2D eigenvalue weighted by Gasteiger charge is -2.24. The summed E-state index contributed by atoms with van der Waals surface area (Å²) in [7, 11) is 0. The van der Waals surface area contributed by atoms with E-state index in [0.717, 1.165) is 22.2 Å². The Bertz CT molecular complexity index is 551. The zero-order chi connectivity index (χ0) is 14.5. The van der Waals surface area contributed by atoms with E-state index in [0.29, 0.717) is 0 Å². The van der Waals surface area contributed by atoms with Crippen molar-refractivity contribution in [2.75, 3.05) is 0 Å². The Hall–Kier alpha value is -1.32. The maximum absolute atomic E-state index is 6.10. The molecule has 0 aliphatic rings. The van der Waals surface area contributed by atoms with Gasteiger partial charge in [0.05, 0.1) is 0 Å². The summed E-state index contributed by atoms with van der Waals surface area (Å²) in [6, 6.07) is 16.1. The molecule has 0 bridgehead atoms. The molecule has 2 unspecified atom stereocenters. The molecular weight excluding hydrogens is 314 g/mol. The first-order chi connectivity index (χ1) is 9.61. The van der Waals surface area contributed by atoms with Gasteiger partial charge in [-0.15, -0.1) is 0 Å². The van der Waals surface area contributed by atoms with Gasteiger partial charge in [-0.25, -0.2) is 0 Å². The standard InChI is InChI=1S/C17H20BrNO/c1-3-13-8-10-14(11-9-13)20-17(12(2)19)15-6-4-5-7-16(15)18/h4-12,17H,3,19H2,1-2H3. The van der Waals surface area contributed by atoms with Crippen molar-refractivity contribution in [2.45, 2.75) is 32.4 Å². The average Bonchev–Trinajstić information content (AvgIpc) is 2.46. The van der Waals surface area contributed by atoms with E-state index in [1.54, 1.807) is 0 Å². The minimum Gasteiger partial charge on any atom is -0.484 e. The molecule has 2 nitrogen and oxygen atoms in total. The van der Waals surface area contributed by atoms with Gasteiger partial charge in [0, 0.05) is 16.1 Å². The second-order valence-electron chi connectivity index (χ2n) is 4.92. The number of hydrogen-bond acceptors (Lipinski definition) is 2. The van der Waals surface area contributed by atoms with E-state index >= 15 is 0 Å². The third-order valence-electron chi connectivity index (χ3n) is 3.28. The van der Waals surface area contributed by atoms with E-state index in [4.69, 9.17) is 10.5 Å². The lowest BCUT2D eigenvalue weighted by atomic mass is 10.0. The predicted octanol–water partition coefficient (Wildman–Crippen LogP) is 4.48. The highest BCUT2D eigenvalue weighted by Gasteiger charge is 2.20. The third kappa shape index (κ3) is 3.62. The number of rotatable bonds is 5. The Morgan fingerprint density at radius 1 is 1.10 bits per heavy atom. The molecule has 2 aromatic rings. The maximum atomic E-state index is 6.10. The highest BCUT2D eigenvalue weighted by atomic mass is 79.9. The number of ether oxygens (including phenoxy) is 1. The fourth-order valence-corrected chi connectivity index (χ4v) is 2.62. The van der Waals surface area contributed by atoms with Gasteiger partial charge in [-0.1, -0.05) is 53.2 Å². The minimum atomic E-state index is -0.168. The predicted molar refractivity (Wildman–Crippen MR) is 87.0 cm³/mol. The van der Waals surface area contributed by atoms with E-state index in [1.807, 2.05) is 43.3 Å². The van der Waals surface area contributed by atoms with Gasteiger partial charge in [-0.05, 0) is 37.1 Å². The smallest absolute Gasteiger partial charge is 0.140 e. The first-order valence-electron chi connectivity index (χ1n) is 6.87. The van der Waals surface area contributed by atoms with Crippen LogP contribution in [0.4, 0.5) is 0 Å². The van der Waals surface area contributed by atoms with Gasteiger partial charge in [-0.3, -0.25) is 0 Å². The average molecular weight is 334 g/mol. The molecule has 3 heteroatoms. The zero-order valence-corrected chi connectivity index (χ0v) is 13.4. The van der Waals surface area contributed by atoms with Gasteiger partial charge < -0.3 is 10.5 Å². The van der Waals surface area contributed by atoms with Crippen molar-refractivity contribution in [3.05, 3.63) is 64.1 Å². The van der Waals surface area contributed by atoms with Gasteiger partial charge in [-0.2, -0.15) is 0 Å². The molecule has 2 N–H and O–H groups in total. The SMILES string of the molecule is CCc1ccc(OC(c2ccccc2Br)C(C)N)cc1. The van der Waals surface area contributed by atoms with Crippen LogP contribution in [0.2, 0.25) is 0 Å². The lowest BCUT2D eigenvalue weighted by molar-refractivity contribution is 0.179. The van der Waals surface area contributed by atoms with E-state index in [2.05, 4.69) is 35.0 Å². The van der Waals surface area contributed by atoms with Crippen LogP contribution in [0.3, 0.4) is 0 Å². The van der Waals surface area contributed by atoms with Crippen LogP contribution in [-0.2, 0) is 6.42 Å². The van der Waals surface area contributed by atoms with Gasteiger partial charge >= 0.3 is 0 Å². The van der Waals surface area contributed by atoms with Gasteiger partial charge in [0.25, 0.3) is 0 Å². The molecule has 20 heavy (non-hydrogen) atoms. The van der Waals surface area contributed by atoms with Crippen LogP contribution < -0.4 is 10.5 Å². The van der Waals surface area contributed by atoms with Crippen molar-refractivity contribution >= 4 is 15.9 Å². The van der Waals surface area contributed by atoms with Crippen molar-refractivity contribution < 1.29 is 4.74 Å². The van der Waals surface area contributed by atoms with Crippen LogP contribution >= 0.6 is 15.9 Å². The van der Waals surface area contributed by atoms with Crippen molar-refractivity contribution in [3.8, 4) is 5.75 Å². The van der Waals surface area contributed by atoms with E-state index in [-0.39, 0.29) is 12.1 Å². The van der Waals surface area contributed by atoms with Gasteiger partial charge in [0.15, 0.2) is 0 Å². The Morgan fingerprint density at radius 3 is 2.30 bits per heavy atom. The largest absolute Gasteiger partial charge is 0.484 e. The fraction of sp³-hybridized carbons (Fsp3) is 0.294. The van der Waals surface area contributed by atoms with E-state index < -0.39 is 0 Å². The number of nitrogens with two attached hydrogens (primary N) is 1. The van der Waals surface area contributed by atoms with E-state index in [1.165, 1.54) is 5.56 Å². The molecule has 0 spiro atoms. The molecule has 0 fully saturated rings. The summed E-state index contributed by atoms with van der Waals surface area (Å²) < 4.78 is 7.11. The van der Waals surface area contributed by atoms with Crippen LogP contribution in [0.15, 0.2) is 53.0 Å². The first kappa shape index (κ1) is 15.1. The Balaban J connectivity index is 2.23. The van der Waals surface area contributed by atoms with Crippen molar-refractivity contribution in [3.63, 3.8) is 0 Å². The first-order valence-corrected chi connectivity index (χ1v) is 7.66.